The van der Waals surface area contributed by atoms with Crippen LogP contribution in [0.2, 0.25) is 0 Å². The number of hydrogen-bond donors (Lipinski definition) is 1. The van der Waals surface area contributed by atoms with E-state index in [9.17, 15) is 5.11 Å². The predicted octanol–water partition coefficient (Wildman–Crippen LogP) is 4.97. The van der Waals surface area contributed by atoms with Crippen LogP contribution in [-0.2, 0) is 18.3 Å². The third-order valence-corrected chi connectivity index (χ3v) is 6.86. The molecule has 0 saturated carbocycles. The second kappa shape index (κ2) is 7.62. The molecule has 2 nitrogen and oxygen atoms in total. The predicted molar refractivity (Wildman–Crippen MR) is 110 cm³/mol. The van der Waals surface area contributed by atoms with Crippen molar-refractivity contribution >= 4 is 12.4 Å². The maximum Gasteiger partial charge on any atom is 0.115 e. The Morgan fingerprint density at radius 2 is 1.92 bits per heavy atom. The van der Waals surface area contributed by atoms with Gasteiger partial charge in [-0.2, -0.15) is 0 Å². The third-order valence-electron chi connectivity index (χ3n) is 6.86. The molecule has 1 fully saturated rings. The summed E-state index contributed by atoms with van der Waals surface area (Å²) in [6.45, 7) is 7.19. The first-order valence-corrected chi connectivity index (χ1v) is 9.68. The Morgan fingerprint density at radius 1 is 1.15 bits per heavy atom. The lowest BCUT2D eigenvalue weighted by Crippen LogP contribution is -2.58. The summed E-state index contributed by atoms with van der Waals surface area (Å²) in [5.41, 5.74) is 4.48. The molecular weight excluding hydrogens is 342 g/mol. The van der Waals surface area contributed by atoms with Crippen LogP contribution in [0.3, 0.4) is 0 Å². The van der Waals surface area contributed by atoms with Crippen molar-refractivity contribution < 1.29 is 5.11 Å². The van der Waals surface area contributed by atoms with Gasteiger partial charge in [0, 0.05) is 6.04 Å². The molecule has 2 aromatic carbocycles. The van der Waals surface area contributed by atoms with Gasteiger partial charge in [-0.25, -0.2) is 0 Å². The number of rotatable bonds is 4. The molecule has 4 rings (SSSR count). The minimum atomic E-state index is 0. The lowest BCUT2D eigenvalue weighted by molar-refractivity contribution is 0.0307. The number of benzene rings is 2. The number of halogens is 1. The molecule has 1 saturated heterocycles. The zero-order valence-corrected chi connectivity index (χ0v) is 16.6. The average Bonchev–Trinajstić information content (AvgIpc) is 2.62. The van der Waals surface area contributed by atoms with E-state index in [-0.39, 0.29) is 17.8 Å². The first-order chi connectivity index (χ1) is 12.1. The largest absolute Gasteiger partial charge is 0.508 e. The van der Waals surface area contributed by atoms with E-state index in [2.05, 4.69) is 55.1 Å². The van der Waals surface area contributed by atoms with Gasteiger partial charge in [0.15, 0.2) is 0 Å². The van der Waals surface area contributed by atoms with Crippen molar-refractivity contribution in [2.45, 2.75) is 51.0 Å². The zero-order chi connectivity index (χ0) is 17.4. The number of nitrogens with zero attached hydrogens (tertiary/aromatic N) is 1. The standard InChI is InChI=1S/C23H29NO.ClH/c1-17-22-15-19-10-11-20(25)16-21(19)23(17,2)12-14-24(22)13-6-9-18-7-4-3-5-8-18;/h3-5,7-8,10-11,16-17,22,25H,6,9,12-15H2,1-2H3;1H/t17-,22+,23-;/m0./s1. The van der Waals surface area contributed by atoms with Gasteiger partial charge >= 0.3 is 0 Å². The summed E-state index contributed by atoms with van der Waals surface area (Å²) in [6.07, 6.45) is 4.71. The maximum atomic E-state index is 9.95. The van der Waals surface area contributed by atoms with Crippen LogP contribution in [0, 0.1) is 5.92 Å². The molecule has 0 unspecified atom stereocenters. The van der Waals surface area contributed by atoms with Crippen molar-refractivity contribution in [2.24, 2.45) is 5.92 Å². The lowest BCUT2D eigenvalue weighted by Gasteiger charge is -2.54. The van der Waals surface area contributed by atoms with Gasteiger partial charge < -0.3 is 5.11 Å². The Labute approximate surface area is 163 Å². The average molecular weight is 372 g/mol. The van der Waals surface area contributed by atoms with Crippen LogP contribution in [0.1, 0.15) is 43.4 Å². The fraction of sp³-hybridized carbons (Fsp3) is 0.478. The molecular formula is C23H30ClNO. The molecule has 1 N–H and O–H groups in total. The van der Waals surface area contributed by atoms with Gasteiger partial charge in [-0.15, -0.1) is 12.4 Å². The summed E-state index contributed by atoms with van der Waals surface area (Å²) >= 11 is 0. The van der Waals surface area contributed by atoms with Gasteiger partial charge in [0.05, 0.1) is 0 Å². The van der Waals surface area contributed by atoms with Crippen molar-refractivity contribution in [3.05, 3.63) is 65.2 Å². The van der Waals surface area contributed by atoms with Crippen molar-refractivity contribution in [3.63, 3.8) is 0 Å². The maximum absolute atomic E-state index is 9.95. The highest BCUT2D eigenvalue weighted by atomic mass is 35.5. The minimum Gasteiger partial charge on any atom is -0.508 e. The first-order valence-electron chi connectivity index (χ1n) is 9.68. The van der Waals surface area contributed by atoms with Crippen LogP contribution in [-0.4, -0.2) is 29.1 Å². The fourth-order valence-corrected chi connectivity index (χ4v) is 5.10. The quantitative estimate of drug-likeness (QED) is 0.820. The van der Waals surface area contributed by atoms with Gasteiger partial charge in [-0.05, 0) is 78.9 Å². The summed E-state index contributed by atoms with van der Waals surface area (Å²) in [5, 5.41) is 9.95. The van der Waals surface area contributed by atoms with Gasteiger partial charge in [-0.3, -0.25) is 4.90 Å². The highest BCUT2D eigenvalue weighted by molar-refractivity contribution is 5.85. The Kier molecular flexibility index (Phi) is 5.64. The molecule has 1 aliphatic heterocycles. The molecule has 3 heteroatoms. The Balaban J connectivity index is 0.00000196. The van der Waals surface area contributed by atoms with Crippen molar-refractivity contribution in [2.75, 3.05) is 13.1 Å². The summed E-state index contributed by atoms with van der Waals surface area (Å²) in [7, 11) is 0. The number of phenolic OH excluding ortho intramolecular Hbond substituents is 1. The first kappa shape index (κ1) is 19.3. The van der Waals surface area contributed by atoms with E-state index in [1.54, 1.807) is 0 Å². The SMILES string of the molecule is C[C@H]1[C@H]2Cc3ccc(O)cc3[C@@]1(C)CCN2CCCc1ccccc1.Cl. The van der Waals surface area contributed by atoms with Crippen LogP contribution >= 0.6 is 12.4 Å². The van der Waals surface area contributed by atoms with E-state index >= 15 is 0 Å². The molecule has 1 aliphatic carbocycles. The molecule has 0 aromatic heterocycles. The Hall–Kier alpha value is -1.51. The molecule has 3 atom stereocenters. The second-order valence-corrected chi connectivity index (χ2v) is 8.19. The van der Waals surface area contributed by atoms with E-state index in [4.69, 9.17) is 0 Å². The summed E-state index contributed by atoms with van der Waals surface area (Å²) < 4.78 is 0. The summed E-state index contributed by atoms with van der Waals surface area (Å²) in [4.78, 5) is 2.73. The number of likely N-dealkylation sites (tertiary alicyclic amines) is 1. The van der Waals surface area contributed by atoms with Crippen LogP contribution in [0.15, 0.2) is 48.5 Å². The zero-order valence-electron chi connectivity index (χ0n) is 15.8. The number of aromatic hydroxyl groups is 1. The summed E-state index contributed by atoms with van der Waals surface area (Å²) in [6, 6.07) is 17.5. The Bertz CT molecular complexity index is 747. The van der Waals surface area contributed by atoms with Gasteiger partial charge in [0.1, 0.15) is 5.75 Å². The van der Waals surface area contributed by atoms with E-state index in [0.29, 0.717) is 17.7 Å². The molecule has 2 aliphatic rings. The molecule has 140 valence electrons. The molecule has 1 heterocycles. The Morgan fingerprint density at radius 3 is 2.69 bits per heavy atom. The third kappa shape index (κ3) is 3.37. The van der Waals surface area contributed by atoms with Crippen molar-refractivity contribution in [3.8, 4) is 5.75 Å². The van der Waals surface area contributed by atoms with Gasteiger partial charge in [-0.1, -0.05) is 50.2 Å². The van der Waals surface area contributed by atoms with Crippen LogP contribution in [0.5, 0.6) is 5.75 Å². The van der Waals surface area contributed by atoms with E-state index in [0.717, 1.165) is 6.42 Å². The van der Waals surface area contributed by atoms with E-state index < -0.39 is 0 Å². The van der Waals surface area contributed by atoms with Gasteiger partial charge in [0.2, 0.25) is 0 Å². The monoisotopic (exact) mass is 371 g/mol. The van der Waals surface area contributed by atoms with E-state index in [1.807, 2.05) is 12.1 Å². The van der Waals surface area contributed by atoms with Crippen LogP contribution in [0.25, 0.3) is 0 Å². The molecule has 0 spiro atoms. The topological polar surface area (TPSA) is 23.5 Å². The number of piperidine rings is 1. The second-order valence-electron chi connectivity index (χ2n) is 8.19. The molecule has 26 heavy (non-hydrogen) atoms. The van der Waals surface area contributed by atoms with Crippen molar-refractivity contribution in [1.29, 1.82) is 0 Å². The molecule has 0 radical (unpaired) electrons. The number of phenols is 1. The lowest BCUT2D eigenvalue weighted by atomic mass is 9.59. The number of fused-ring (bicyclic) bond motifs is 4. The highest BCUT2D eigenvalue weighted by Gasteiger charge is 2.48. The highest BCUT2D eigenvalue weighted by Crippen LogP contribution is 2.49. The normalized spacial score (nSPS) is 27.5. The number of aryl methyl sites for hydroxylation is 1. The summed E-state index contributed by atoms with van der Waals surface area (Å²) in [5.74, 6) is 1.04. The molecule has 0 amide bonds. The van der Waals surface area contributed by atoms with Crippen LogP contribution < -0.4 is 0 Å². The van der Waals surface area contributed by atoms with Gasteiger partial charge in [0.25, 0.3) is 0 Å². The number of hydrogen-bond acceptors (Lipinski definition) is 2. The smallest absolute Gasteiger partial charge is 0.115 e. The fourth-order valence-electron chi connectivity index (χ4n) is 5.10. The van der Waals surface area contributed by atoms with E-state index in [1.165, 1.54) is 49.0 Å². The minimum absolute atomic E-state index is 0. The van der Waals surface area contributed by atoms with Crippen LogP contribution in [0.4, 0.5) is 0 Å². The molecule has 2 aromatic rings. The molecule has 2 bridgehead atoms. The van der Waals surface area contributed by atoms with Crippen molar-refractivity contribution in [1.82, 2.24) is 4.90 Å².